The Labute approximate surface area is 172 Å². The Morgan fingerprint density at radius 2 is 1.89 bits per heavy atom. The van der Waals surface area contributed by atoms with Crippen LogP contribution in [0.1, 0.15) is 26.7 Å². The molecule has 1 aliphatic heterocycles. The average molecular weight is 423 g/mol. The van der Waals surface area contributed by atoms with Crippen LogP contribution in [0.25, 0.3) is 5.69 Å². The highest BCUT2D eigenvalue weighted by Gasteiger charge is 2.30. The molecule has 0 bridgehead atoms. The molecule has 0 unspecified atom stereocenters. The summed E-state index contributed by atoms with van der Waals surface area (Å²) >= 11 is 7.69. The Morgan fingerprint density at radius 1 is 1.21 bits per heavy atom. The standard InChI is InChI=1S/C18H23ClN6O2S/c1-11(2)14(15(26)21-16(20)27)28-18-23-22-17(24-9-5-6-10-24)25(18)13-8-4-3-7-12(13)19/h3-4,7-8,11,14H,5-6,9-10H2,1-2H3,(H3,20,21,26,27)/t14-/m0/s1. The van der Waals surface area contributed by atoms with Gasteiger partial charge in [-0.15, -0.1) is 10.2 Å². The van der Waals surface area contributed by atoms with E-state index in [9.17, 15) is 9.59 Å². The first-order valence-electron chi connectivity index (χ1n) is 9.10. The molecular formula is C18H23ClN6O2S. The van der Waals surface area contributed by atoms with E-state index in [4.69, 9.17) is 17.3 Å². The van der Waals surface area contributed by atoms with Crippen molar-refractivity contribution in [2.75, 3.05) is 18.0 Å². The number of anilines is 1. The van der Waals surface area contributed by atoms with E-state index >= 15 is 0 Å². The number of hydrogen-bond donors (Lipinski definition) is 2. The van der Waals surface area contributed by atoms with Crippen LogP contribution in [0.3, 0.4) is 0 Å². The number of thioether (sulfide) groups is 1. The smallest absolute Gasteiger partial charge is 0.318 e. The number of nitrogens with zero attached hydrogens (tertiary/aromatic N) is 4. The van der Waals surface area contributed by atoms with Crippen LogP contribution in [0.5, 0.6) is 0 Å². The number of urea groups is 1. The molecule has 1 atom stereocenters. The largest absolute Gasteiger partial charge is 0.351 e. The summed E-state index contributed by atoms with van der Waals surface area (Å²) in [5.74, 6) is 0.186. The van der Waals surface area contributed by atoms with Crippen molar-refractivity contribution in [3.63, 3.8) is 0 Å². The van der Waals surface area contributed by atoms with Gasteiger partial charge in [0.1, 0.15) is 0 Å². The van der Waals surface area contributed by atoms with Gasteiger partial charge < -0.3 is 10.6 Å². The van der Waals surface area contributed by atoms with Crippen molar-refractivity contribution in [2.45, 2.75) is 37.1 Å². The number of nitrogens with two attached hydrogens (primary N) is 1. The van der Waals surface area contributed by atoms with Gasteiger partial charge in [-0.25, -0.2) is 4.79 Å². The van der Waals surface area contributed by atoms with Crippen molar-refractivity contribution in [3.8, 4) is 5.69 Å². The van der Waals surface area contributed by atoms with Gasteiger partial charge >= 0.3 is 6.03 Å². The number of aromatic nitrogens is 3. The minimum absolute atomic E-state index is 0.0593. The first-order valence-corrected chi connectivity index (χ1v) is 10.4. The molecule has 3 amide bonds. The van der Waals surface area contributed by atoms with Crippen molar-refractivity contribution < 1.29 is 9.59 Å². The number of imide groups is 1. The van der Waals surface area contributed by atoms with Gasteiger partial charge in [0.15, 0.2) is 5.16 Å². The van der Waals surface area contributed by atoms with Gasteiger partial charge in [0.2, 0.25) is 11.9 Å². The highest BCUT2D eigenvalue weighted by Crippen LogP contribution is 2.35. The zero-order chi connectivity index (χ0) is 20.3. The van der Waals surface area contributed by atoms with Gasteiger partial charge in [-0.05, 0) is 30.9 Å². The molecule has 2 aromatic rings. The lowest BCUT2D eigenvalue weighted by atomic mass is 10.1. The van der Waals surface area contributed by atoms with Crippen LogP contribution in [-0.4, -0.2) is 45.0 Å². The maximum atomic E-state index is 12.5. The molecule has 0 radical (unpaired) electrons. The molecule has 28 heavy (non-hydrogen) atoms. The van der Waals surface area contributed by atoms with Gasteiger partial charge in [0.25, 0.3) is 0 Å². The van der Waals surface area contributed by atoms with Crippen LogP contribution in [0.2, 0.25) is 5.02 Å². The monoisotopic (exact) mass is 422 g/mol. The van der Waals surface area contributed by atoms with Gasteiger partial charge in [0.05, 0.1) is 16.0 Å². The van der Waals surface area contributed by atoms with E-state index in [1.807, 2.05) is 36.6 Å². The molecule has 2 heterocycles. The lowest BCUT2D eigenvalue weighted by Gasteiger charge is -2.21. The van der Waals surface area contributed by atoms with E-state index in [-0.39, 0.29) is 5.92 Å². The lowest BCUT2D eigenvalue weighted by Crippen LogP contribution is -2.42. The van der Waals surface area contributed by atoms with E-state index < -0.39 is 17.2 Å². The minimum atomic E-state index is -0.874. The van der Waals surface area contributed by atoms with Crippen LogP contribution in [-0.2, 0) is 4.79 Å². The summed E-state index contributed by atoms with van der Waals surface area (Å²) in [6.45, 7) is 5.58. The van der Waals surface area contributed by atoms with E-state index in [0.29, 0.717) is 16.1 Å². The normalized spacial score (nSPS) is 15.1. The van der Waals surface area contributed by atoms with Gasteiger partial charge in [-0.2, -0.15) is 0 Å². The second-order valence-electron chi connectivity index (χ2n) is 6.90. The minimum Gasteiger partial charge on any atom is -0.351 e. The third kappa shape index (κ3) is 4.41. The Hall–Kier alpha value is -2.26. The molecule has 10 heteroatoms. The summed E-state index contributed by atoms with van der Waals surface area (Å²) < 4.78 is 1.88. The topological polar surface area (TPSA) is 106 Å². The summed E-state index contributed by atoms with van der Waals surface area (Å²) in [6.07, 6.45) is 2.18. The van der Waals surface area contributed by atoms with Gasteiger partial charge in [-0.3, -0.25) is 14.7 Å². The summed E-state index contributed by atoms with van der Waals surface area (Å²) in [5.41, 5.74) is 5.86. The molecule has 3 rings (SSSR count). The fraction of sp³-hybridized carbons (Fsp3) is 0.444. The predicted molar refractivity (Wildman–Crippen MR) is 110 cm³/mol. The molecule has 150 valence electrons. The number of carbonyl (C=O) groups excluding carboxylic acids is 2. The first-order chi connectivity index (χ1) is 13.4. The van der Waals surface area contributed by atoms with Gasteiger partial charge in [-0.1, -0.05) is 49.3 Å². The molecule has 1 fully saturated rings. The fourth-order valence-electron chi connectivity index (χ4n) is 3.10. The van der Waals surface area contributed by atoms with Crippen molar-refractivity contribution in [2.24, 2.45) is 11.7 Å². The SMILES string of the molecule is CC(C)[C@H](Sc1nnc(N2CCCC2)n1-c1ccccc1Cl)C(=O)NC(N)=O. The molecular weight excluding hydrogens is 400 g/mol. The third-order valence-electron chi connectivity index (χ3n) is 4.44. The molecule has 0 saturated carbocycles. The molecule has 8 nitrogen and oxygen atoms in total. The van der Waals surface area contributed by atoms with Crippen molar-refractivity contribution >= 4 is 41.2 Å². The van der Waals surface area contributed by atoms with Crippen LogP contribution in [0, 0.1) is 5.92 Å². The Bertz CT molecular complexity index is 866. The van der Waals surface area contributed by atoms with Crippen LogP contribution < -0.4 is 16.0 Å². The van der Waals surface area contributed by atoms with Crippen LogP contribution in [0.4, 0.5) is 10.7 Å². The summed E-state index contributed by atoms with van der Waals surface area (Å²) in [4.78, 5) is 25.7. The zero-order valence-electron chi connectivity index (χ0n) is 15.8. The summed E-state index contributed by atoms with van der Waals surface area (Å²) in [7, 11) is 0. The molecule has 0 aliphatic carbocycles. The predicted octanol–water partition coefficient (Wildman–Crippen LogP) is 2.83. The summed E-state index contributed by atoms with van der Waals surface area (Å²) in [5, 5.41) is 11.4. The maximum absolute atomic E-state index is 12.5. The molecule has 1 saturated heterocycles. The van der Waals surface area contributed by atoms with Gasteiger partial charge in [0, 0.05) is 13.1 Å². The lowest BCUT2D eigenvalue weighted by molar-refractivity contribution is -0.120. The Kier molecular flexibility index (Phi) is 6.46. The number of nitrogens with one attached hydrogen (secondary N) is 1. The quantitative estimate of drug-likeness (QED) is 0.693. The molecule has 1 aromatic heterocycles. The summed E-state index contributed by atoms with van der Waals surface area (Å²) in [6, 6.07) is 6.57. The molecule has 1 aliphatic rings. The van der Waals surface area contributed by atoms with E-state index in [0.717, 1.165) is 31.6 Å². The van der Waals surface area contributed by atoms with Crippen molar-refractivity contribution in [1.29, 1.82) is 0 Å². The molecule has 1 aromatic carbocycles. The number of rotatable bonds is 6. The van der Waals surface area contributed by atoms with E-state index in [1.165, 1.54) is 11.8 Å². The van der Waals surface area contributed by atoms with Crippen LogP contribution in [0.15, 0.2) is 29.4 Å². The van der Waals surface area contributed by atoms with Crippen molar-refractivity contribution in [1.82, 2.24) is 20.1 Å². The van der Waals surface area contributed by atoms with Crippen molar-refractivity contribution in [3.05, 3.63) is 29.3 Å². The number of carbonyl (C=O) groups is 2. The number of halogens is 1. The van der Waals surface area contributed by atoms with E-state index in [2.05, 4.69) is 20.4 Å². The maximum Gasteiger partial charge on any atom is 0.318 e. The fourth-order valence-corrected chi connectivity index (χ4v) is 4.36. The highest BCUT2D eigenvalue weighted by atomic mass is 35.5. The number of hydrogen-bond acceptors (Lipinski definition) is 6. The number of primary amides is 1. The molecule has 3 N–H and O–H groups in total. The average Bonchev–Trinajstić information content (AvgIpc) is 3.28. The Morgan fingerprint density at radius 3 is 2.50 bits per heavy atom. The highest BCUT2D eigenvalue weighted by molar-refractivity contribution is 8.00. The Balaban J connectivity index is 2.01. The third-order valence-corrected chi connectivity index (χ3v) is 6.25. The number of para-hydroxylation sites is 1. The first kappa shape index (κ1) is 20.5. The van der Waals surface area contributed by atoms with Crippen LogP contribution >= 0.6 is 23.4 Å². The van der Waals surface area contributed by atoms with E-state index in [1.54, 1.807) is 6.07 Å². The number of amides is 3. The number of benzene rings is 1. The molecule has 0 spiro atoms. The second-order valence-corrected chi connectivity index (χ2v) is 8.42. The zero-order valence-corrected chi connectivity index (χ0v) is 17.3. The second kappa shape index (κ2) is 8.83.